The predicted octanol–water partition coefficient (Wildman–Crippen LogP) is 1.50. The maximum atomic E-state index is 5.73. The van der Waals surface area contributed by atoms with Gasteiger partial charge in [-0.05, 0) is 51.6 Å². The van der Waals surface area contributed by atoms with Crippen LogP contribution < -0.4 is 11.1 Å². The van der Waals surface area contributed by atoms with E-state index in [2.05, 4.69) is 12.2 Å². The minimum atomic E-state index is 0.383. The van der Waals surface area contributed by atoms with Gasteiger partial charge in [0.2, 0.25) is 0 Å². The highest BCUT2D eigenvalue weighted by molar-refractivity contribution is 4.69. The largest absolute Gasteiger partial charge is 0.328 e. The van der Waals surface area contributed by atoms with Gasteiger partial charge in [0.15, 0.2) is 0 Å². The van der Waals surface area contributed by atoms with E-state index in [-0.39, 0.29) is 0 Å². The molecule has 0 spiro atoms. The third kappa shape index (κ3) is 4.07. The number of rotatable bonds is 3. The molecule has 1 heterocycles. The fourth-order valence-electron chi connectivity index (χ4n) is 1.84. The molecule has 2 nitrogen and oxygen atoms in total. The van der Waals surface area contributed by atoms with Gasteiger partial charge in [-0.15, -0.1) is 0 Å². The summed E-state index contributed by atoms with van der Waals surface area (Å²) in [6.45, 7) is 4.53. The zero-order valence-electron chi connectivity index (χ0n) is 8.18. The minimum Gasteiger partial charge on any atom is -0.328 e. The molecule has 12 heavy (non-hydrogen) atoms. The molecule has 0 radical (unpaired) electrons. The fourth-order valence-corrected chi connectivity index (χ4v) is 1.84. The zero-order chi connectivity index (χ0) is 8.81. The summed E-state index contributed by atoms with van der Waals surface area (Å²) in [6.07, 6.45) is 6.65. The van der Waals surface area contributed by atoms with Gasteiger partial charge >= 0.3 is 0 Å². The molecule has 2 heteroatoms. The van der Waals surface area contributed by atoms with Gasteiger partial charge in [0.25, 0.3) is 0 Å². The number of hydrogen-bond acceptors (Lipinski definition) is 2. The highest BCUT2D eigenvalue weighted by Crippen LogP contribution is 2.16. The Morgan fingerprint density at radius 3 is 3.08 bits per heavy atom. The molecule has 0 aromatic carbocycles. The Balaban J connectivity index is 2.12. The average molecular weight is 170 g/mol. The Labute approximate surface area is 75.9 Å². The van der Waals surface area contributed by atoms with E-state index < -0.39 is 0 Å². The number of nitrogens with two attached hydrogens (primary N) is 1. The fraction of sp³-hybridized carbons (Fsp3) is 1.00. The smallest absolute Gasteiger partial charge is 0.00105 e. The molecule has 2 unspecified atom stereocenters. The molecule has 1 fully saturated rings. The SMILES string of the molecule is CC(N)CCC1CCCCNC1. The van der Waals surface area contributed by atoms with E-state index in [9.17, 15) is 0 Å². The topological polar surface area (TPSA) is 38.0 Å². The van der Waals surface area contributed by atoms with Crippen LogP contribution in [0.2, 0.25) is 0 Å². The van der Waals surface area contributed by atoms with Crippen LogP contribution in [-0.2, 0) is 0 Å². The van der Waals surface area contributed by atoms with Crippen LogP contribution >= 0.6 is 0 Å². The summed E-state index contributed by atoms with van der Waals surface area (Å²) < 4.78 is 0. The Bertz CT molecular complexity index is 104. The maximum Gasteiger partial charge on any atom is 0.00105 e. The van der Waals surface area contributed by atoms with Gasteiger partial charge in [-0.3, -0.25) is 0 Å². The van der Waals surface area contributed by atoms with Crippen LogP contribution in [0.3, 0.4) is 0 Å². The molecule has 0 aromatic heterocycles. The van der Waals surface area contributed by atoms with Gasteiger partial charge in [-0.25, -0.2) is 0 Å². The first-order valence-electron chi connectivity index (χ1n) is 5.25. The van der Waals surface area contributed by atoms with Gasteiger partial charge in [0.1, 0.15) is 0 Å². The van der Waals surface area contributed by atoms with Crippen molar-refractivity contribution < 1.29 is 0 Å². The second-order valence-corrected chi connectivity index (χ2v) is 4.12. The van der Waals surface area contributed by atoms with Crippen LogP contribution in [0.4, 0.5) is 0 Å². The summed E-state index contributed by atoms with van der Waals surface area (Å²) in [6, 6.07) is 0.383. The van der Waals surface area contributed by atoms with Crippen molar-refractivity contribution in [3.8, 4) is 0 Å². The van der Waals surface area contributed by atoms with E-state index in [4.69, 9.17) is 5.73 Å². The number of hydrogen-bond donors (Lipinski definition) is 2. The summed E-state index contributed by atoms with van der Waals surface area (Å²) in [5.41, 5.74) is 5.73. The Kier molecular flexibility index (Phi) is 4.62. The van der Waals surface area contributed by atoms with Crippen molar-refractivity contribution in [1.82, 2.24) is 5.32 Å². The first kappa shape index (κ1) is 10.0. The molecule has 0 aromatic rings. The van der Waals surface area contributed by atoms with E-state index >= 15 is 0 Å². The average Bonchev–Trinajstić information content (AvgIpc) is 2.28. The van der Waals surface area contributed by atoms with Gasteiger partial charge < -0.3 is 11.1 Å². The van der Waals surface area contributed by atoms with E-state index in [1.807, 2.05) is 0 Å². The molecule has 0 amide bonds. The van der Waals surface area contributed by atoms with Crippen molar-refractivity contribution in [2.24, 2.45) is 11.7 Å². The minimum absolute atomic E-state index is 0.383. The molecule has 72 valence electrons. The van der Waals surface area contributed by atoms with Gasteiger partial charge in [-0.1, -0.05) is 6.42 Å². The van der Waals surface area contributed by atoms with Crippen LogP contribution in [0.15, 0.2) is 0 Å². The molecular formula is C10H22N2. The lowest BCUT2D eigenvalue weighted by Gasteiger charge is -2.14. The molecule has 0 saturated carbocycles. The van der Waals surface area contributed by atoms with Crippen LogP contribution in [-0.4, -0.2) is 19.1 Å². The molecule has 1 aliphatic rings. The van der Waals surface area contributed by atoms with Crippen LogP contribution in [0.1, 0.15) is 39.0 Å². The number of nitrogens with one attached hydrogen (secondary N) is 1. The lowest BCUT2D eigenvalue weighted by Crippen LogP contribution is -2.23. The Hall–Kier alpha value is -0.0800. The van der Waals surface area contributed by atoms with Crippen molar-refractivity contribution in [3.63, 3.8) is 0 Å². The van der Waals surface area contributed by atoms with Crippen LogP contribution in [0.25, 0.3) is 0 Å². The van der Waals surface area contributed by atoms with Crippen molar-refractivity contribution in [1.29, 1.82) is 0 Å². The molecule has 0 aliphatic carbocycles. The molecule has 0 bridgehead atoms. The Morgan fingerprint density at radius 2 is 2.33 bits per heavy atom. The zero-order valence-corrected chi connectivity index (χ0v) is 8.18. The highest BCUT2D eigenvalue weighted by Gasteiger charge is 2.11. The summed E-state index contributed by atoms with van der Waals surface area (Å²) in [5, 5.41) is 3.48. The van der Waals surface area contributed by atoms with Crippen molar-refractivity contribution >= 4 is 0 Å². The monoisotopic (exact) mass is 170 g/mol. The lowest BCUT2D eigenvalue weighted by molar-refractivity contribution is 0.417. The van der Waals surface area contributed by atoms with E-state index in [0.717, 1.165) is 5.92 Å². The lowest BCUT2D eigenvalue weighted by atomic mass is 9.96. The quantitative estimate of drug-likeness (QED) is 0.673. The Morgan fingerprint density at radius 1 is 1.50 bits per heavy atom. The third-order valence-electron chi connectivity index (χ3n) is 2.68. The molecule has 3 N–H and O–H groups in total. The van der Waals surface area contributed by atoms with E-state index in [0.29, 0.717) is 6.04 Å². The van der Waals surface area contributed by atoms with Crippen LogP contribution in [0, 0.1) is 5.92 Å². The van der Waals surface area contributed by atoms with Crippen molar-refractivity contribution in [2.75, 3.05) is 13.1 Å². The molecule has 2 atom stereocenters. The third-order valence-corrected chi connectivity index (χ3v) is 2.68. The van der Waals surface area contributed by atoms with Gasteiger partial charge in [0.05, 0.1) is 0 Å². The predicted molar refractivity (Wildman–Crippen MR) is 53.1 cm³/mol. The summed E-state index contributed by atoms with van der Waals surface area (Å²) in [4.78, 5) is 0. The van der Waals surface area contributed by atoms with E-state index in [1.165, 1.54) is 45.2 Å². The second kappa shape index (κ2) is 5.55. The maximum absolute atomic E-state index is 5.73. The van der Waals surface area contributed by atoms with Crippen LogP contribution in [0.5, 0.6) is 0 Å². The van der Waals surface area contributed by atoms with E-state index in [1.54, 1.807) is 0 Å². The molecular weight excluding hydrogens is 148 g/mol. The normalized spacial score (nSPS) is 28.0. The highest BCUT2D eigenvalue weighted by atomic mass is 14.9. The summed E-state index contributed by atoms with van der Waals surface area (Å²) >= 11 is 0. The van der Waals surface area contributed by atoms with Crippen molar-refractivity contribution in [3.05, 3.63) is 0 Å². The molecule has 1 aliphatic heterocycles. The van der Waals surface area contributed by atoms with Gasteiger partial charge in [0, 0.05) is 6.04 Å². The first-order chi connectivity index (χ1) is 5.79. The molecule has 1 rings (SSSR count). The van der Waals surface area contributed by atoms with Gasteiger partial charge in [-0.2, -0.15) is 0 Å². The van der Waals surface area contributed by atoms with Crippen molar-refractivity contribution in [2.45, 2.75) is 45.1 Å². The first-order valence-corrected chi connectivity index (χ1v) is 5.25. The standard InChI is InChI=1S/C10H22N2/c1-9(11)5-6-10-4-2-3-7-12-8-10/h9-10,12H,2-8,11H2,1H3. The molecule has 1 saturated heterocycles. The summed E-state index contributed by atoms with van der Waals surface area (Å²) in [5.74, 6) is 0.887. The second-order valence-electron chi connectivity index (χ2n) is 4.12. The summed E-state index contributed by atoms with van der Waals surface area (Å²) in [7, 11) is 0.